The number of carbonyl (C=O) groups excluding carboxylic acids is 1. The maximum Gasteiger partial charge on any atom is 0.236 e. The molecule has 4 aromatic rings. The summed E-state index contributed by atoms with van der Waals surface area (Å²) in [5, 5.41) is 19.7. The Hall–Kier alpha value is -3.53. The Morgan fingerprint density at radius 1 is 1.06 bits per heavy atom. The largest absolute Gasteiger partial charge is 0.310 e. The van der Waals surface area contributed by atoms with Crippen molar-refractivity contribution in [1.82, 2.24) is 30.0 Å². The van der Waals surface area contributed by atoms with Crippen LogP contribution in [-0.2, 0) is 4.79 Å². The van der Waals surface area contributed by atoms with Crippen LogP contribution in [-0.4, -0.2) is 41.6 Å². The Morgan fingerprint density at radius 3 is 2.48 bits per heavy atom. The number of anilines is 1. The molecule has 1 amide bonds. The second-order valence-corrected chi connectivity index (χ2v) is 7.95. The molecule has 0 unspecified atom stereocenters. The zero-order valence-electron chi connectivity index (χ0n) is 17.2. The zero-order valence-corrected chi connectivity index (χ0v) is 18.0. The van der Waals surface area contributed by atoms with Gasteiger partial charge in [-0.1, -0.05) is 30.0 Å². The highest BCUT2D eigenvalue weighted by atomic mass is 32.2. The van der Waals surface area contributed by atoms with E-state index in [0.717, 1.165) is 22.5 Å². The summed E-state index contributed by atoms with van der Waals surface area (Å²) in [5.74, 6) is 0.0449. The number of carbonyl (C=O) groups is 1. The van der Waals surface area contributed by atoms with E-state index >= 15 is 0 Å². The van der Waals surface area contributed by atoms with Crippen molar-refractivity contribution in [2.24, 2.45) is 0 Å². The Balaban J connectivity index is 1.49. The molecule has 1 N–H and O–H groups in total. The van der Waals surface area contributed by atoms with Gasteiger partial charge in [0.25, 0.3) is 0 Å². The number of tetrazole rings is 1. The van der Waals surface area contributed by atoms with E-state index in [1.807, 2.05) is 39.0 Å². The van der Waals surface area contributed by atoms with Crippen LogP contribution in [0.2, 0.25) is 0 Å². The molecule has 0 atom stereocenters. The van der Waals surface area contributed by atoms with Crippen molar-refractivity contribution in [1.29, 1.82) is 0 Å². The average molecular weight is 438 g/mol. The molecule has 0 aliphatic rings. The summed E-state index contributed by atoms with van der Waals surface area (Å²) in [7, 11) is 0. The summed E-state index contributed by atoms with van der Waals surface area (Å²) in [5.41, 5.74) is 4.36. The summed E-state index contributed by atoms with van der Waals surface area (Å²) in [6, 6.07) is 13.6. The minimum Gasteiger partial charge on any atom is -0.310 e. The van der Waals surface area contributed by atoms with Crippen molar-refractivity contribution in [2.75, 3.05) is 11.1 Å². The monoisotopic (exact) mass is 437 g/mol. The molecule has 0 saturated carbocycles. The van der Waals surface area contributed by atoms with Crippen molar-refractivity contribution in [3.05, 3.63) is 71.2 Å². The number of thioether (sulfide) groups is 1. The van der Waals surface area contributed by atoms with E-state index in [9.17, 15) is 9.18 Å². The van der Waals surface area contributed by atoms with Crippen LogP contribution in [0.5, 0.6) is 0 Å². The van der Waals surface area contributed by atoms with Crippen LogP contribution in [0.1, 0.15) is 16.8 Å². The van der Waals surface area contributed by atoms with Crippen LogP contribution in [0.25, 0.3) is 11.4 Å². The third-order valence-electron chi connectivity index (χ3n) is 4.59. The van der Waals surface area contributed by atoms with Crippen molar-refractivity contribution < 1.29 is 9.18 Å². The van der Waals surface area contributed by atoms with Gasteiger partial charge in [0.15, 0.2) is 0 Å². The first-order chi connectivity index (χ1) is 14.9. The Bertz CT molecular complexity index is 1210. The highest BCUT2D eigenvalue weighted by Gasteiger charge is 2.16. The predicted octanol–water partition coefficient (Wildman–Crippen LogP) is 3.64. The molecule has 0 aliphatic heterocycles. The number of nitrogens with one attached hydrogen (secondary N) is 1. The third kappa shape index (κ3) is 4.48. The number of nitrogens with zero attached hydrogens (tertiary/aromatic N) is 6. The van der Waals surface area contributed by atoms with Crippen LogP contribution in [0.15, 0.2) is 53.7 Å². The highest BCUT2D eigenvalue weighted by molar-refractivity contribution is 7.99. The molecular formula is C21H20FN7OS. The van der Waals surface area contributed by atoms with E-state index in [0.29, 0.717) is 16.7 Å². The summed E-state index contributed by atoms with van der Waals surface area (Å²) in [4.78, 5) is 12.6. The Labute approximate surface area is 182 Å². The van der Waals surface area contributed by atoms with E-state index in [-0.39, 0.29) is 17.5 Å². The van der Waals surface area contributed by atoms with Crippen molar-refractivity contribution in [3.8, 4) is 11.4 Å². The number of aromatic nitrogens is 6. The molecule has 0 saturated heterocycles. The second-order valence-electron chi connectivity index (χ2n) is 7.01. The number of halogens is 1. The Kier molecular flexibility index (Phi) is 5.81. The Morgan fingerprint density at radius 2 is 1.77 bits per heavy atom. The molecule has 0 aliphatic carbocycles. The molecular weight excluding hydrogens is 417 g/mol. The molecule has 0 fully saturated rings. The highest BCUT2D eigenvalue weighted by Crippen LogP contribution is 2.24. The lowest BCUT2D eigenvalue weighted by molar-refractivity contribution is -0.113. The molecule has 2 aromatic carbocycles. The average Bonchev–Trinajstić information content (AvgIpc) is 3.33. The second kappa shape index (κ2) is 8.68. The van der Waals surface area contributed by atoms with Gasteiger partial charge in [-0.3, -0.25) is 4.79 Å². The van der Waals surface area contributed by atoms with Gasteiger partial charge in [-0.05, 0) is 66.6 Å². The lowest BCUT2D eigenvalue weighted by Crippen LogP contribution is -2.17. The van der Waals surface area contributed by atoms with E-state index in [2.05, 4.69) is 25.9 Å². The number of para-hydroxylation sites is 1. The minimum atomic E-state index is -0.337. The minimum absolute atomic E-state index is 0.110. The van der Waals surface area contributed by atoms with Gasteiger partial charge in [-0.15, -0.1) is 5.10 Å². The van der Waals surface area contributed by atoms with Gasteiger partial charge in [-0.2, -0.15) is 9.78 Å². The summed E-state index contributed by atoms with van der Waals surface area (Å²) in [6.45, 7) is 5.80. The van der Waals surface area contributed by atoms with Crippen LogP contribution < -0.4 is 5.32 Å². The number of aryl methyl sites for hydroxylation is 3. The van der Waals surface area contributed by atoms with Gasteiger partial charge < -0.3 is 5.32 Å². The molecule has 0 radical (unpaired) electrons. The fraction of sp³-hybridized carbons (Fsp3) is 0.190. The number of hydrogen-bond donors (Lipinski definition) is 1. The summed E-state index contributed by atoms with van der Waals surface area (Å²) < 4.78 is 16.5. The normalized spacial score (nSPS) is 11.0. The van der Waals surface area contributed by atoms with Gasteiger partial charge in [0.2, 0.25) is 11.1 Å². The first-order valence-electron chi connectivity index (χ1n) is 9.52. The zero-order chi connectivity index (χ0) is 22.0. The maximum atomic E-state index is 13.2. The summed E-state index contributed by atoms with van der Waals surface area (Å²) >= 11 is 1.24. The first-order valence-corrected chi connectivity index (χ1v) is 10.5. The van der Waals surface area contributed by atoms with Crippen molar-refractivity contribution >= 4 is 23.5 Å². The van der Waals surface area contributed by atoms with E-state index in [1.54, 1.807) is 27.6 Å². The number of benzene rings is 2. The fourth-order valence-corrected chi connectivity index (χ4v) is 3.90. The van der Waals surface area contributed by atoms with E-state index in [4.69, 9.17) is 0 Å². The lowest BCUT2D eigenvalue weighted by Gasteiger charge is -2.11. The molecule has 10 heteroatoms. The van der Waals surface area contributed by atoms with Crippen LogP contribution in [0.3, 0.4) is 0 Å². The van der Waals surface area contributed by atoms with Crippen LogP contribution in [0.4, 0.5) is 10.2 Å². The third-order valence-corrected chi connectivity index (χ3v) is 5.51. The molecule has 2 heterocycles. The van der Waals surface area contributed by atoms with E-state index < -0.39 is 0 Å². The van der Waals surface area contributed by atoms with E-state index in [1.165, 1.54) is 23.9 Å². The molecule has 0 spiro atoms. The first kappa shape index (κ1) is 20.7. The summed E-state index contributed by atoms with van der Waals surface area (Å²) in [6.07, 6.45) is 0. The smallest absolute Gasteiger partial charge is 0.236 e. The fourth-order valence-electron chi connectivity index (χ4n) is 3.23. The number of rotatable bonds is 6. The molecule has 158 valence electrons. The van der Waals surface area contributed by atoms with Gasteiger partial charge in [0.1, 0.15) is 11.6 Å². The molecule has 4 rings (SSSR count). The van der Waals surface area contributed by atoms with Gasteiger partial charge in [0, 0.05) is 6.07 Å². The SMILES string of the molecule is Cc1cc(NC(=O)CSc2nnnn2-c2c(C)cccc2C)n(-c2ccc(F)cc2)n1. The topological polar surface area (TPSA) is 90.5 Å². The van der Waals surface area contributed by atoms with Gasteiger partial charge in [0.05, 0.1) is 22.8 Å². The molecule has 0 bridgehead atoms. The number of amides is 1. The van der Waals surface area contributed by atoms with Crippen LogP contribution >= 0.6 is 11.8 Å². The lowest BCUT2D eigenvalue weighted by atomic mass is 10.1. The van der Waals surface area contributed by atoms with Crippen molar-refractivity contribution in [2.45, 2.75) is 25.9 Å². The van der Waals surface area contributed by atoms with Crippen molar-refractivity contribution in [3.63, 3.8) is 0 Å². The predicted molar refractivity (Wildman–Crippen MR) is 116 cm³/mol. The van der Waals surface area contributed by atoms with Gasteiger partial charge >= 0.3 is 0 Å². The maximum absolute atomic E-state index is 13.2. The van der Waals surface area contributed by atoms with Crippen LogP contribution in [0, 0.1) is 26.6 Å². The number of hydrogen-bond acceptors (Lipinski definition) is 6. The standard InChI is InChI=1S/C21H20FN7OS/c1-13-5-4-6-14(2)20(13)29-21(24-26-27-29)31-12-19(30)23-18-11-15(3)25-28(18)17-9-7-16(22)8-10-17/h4-11H,12H2,1-3H3,(H,23,30). The molecule has 2 aromatic heterocycles. The molecule has 31 heavy (non-hydrogen) atoms. The van der Waals surface area contributed by atoms with Gasteiger partial charge in [-0.25, -0.2) is 9.07 Å². The quantitative estimate of drug-likeness (QED) is 0.463. The molecule has 8 nitrogen and oxygen atoms in total.